The van der Waals surface area contributed by atoms with Crippen LogP contribution in [0, 0.1) is 6.92 Å². The lowest BCUT2D eigenvalue weighted by Crippen LogP contribution is -2.39. The Morgan fingerprint density at radius 2 is 2.12 bits per heavy atom. The van der Waals surface area contributed by atoms with Crippen LogP contribution in [-0.4, -0.2) is 46.8 Å². The van der Waals surface area contributed by atoms with E-state index in [2.05, 4.69) is 25.6 Å². The molecule has 0 bridgehead atoms. The van der Waals surface area contributed by atoms with E-state index in [9.17, 15) is 0 Å². The second-order valence-electron chi connectivity index (χ2n) is 5.19. The van der Waals surface area contributed by atoms with Crippen LogP contribution in [-0.2, 0) is 11.3 Å². The van der Waals surface area contributed by atoms with Gasteiger partial charge in [0.2, 0.25) is 0 Å². The van der Waals surface area contributed by atoms with Crippen LogP contribution >= 0.6 is 0 Å². The number of nitrogens with zero attached hydrogens (tertiary/aromatic N) is 4. The van der Waals surface area contributed by atoms with E-state index in [0.29, 0.717) is 13.2 Å². The molecule has 0 aliphatic rings. The van der Waals surface area contributed by atoms with E-state index >= 15 is 0 Å². The molecule has 0 radical (unpaired) electrons. The van der Waals surface area contributed by atoms with Crippen LogP contribution in [0.5, 0.6) is 0 Å². The molecule has 130 valence electrons. The van der Waals surface area contributed by atoms with Crippen molar-refractivity contribution in [2.45, 2.75) is 27.3 Å². The van der Waals surface area contributed by atoms with Crippen LogP contribution in [0.1, 0.15) is 25.2 Å². The summed E-state index contributed by atoms with van der Waals surface area (Å²) in [6, 6.07) is 4.02. The quantitative estimate of drug-likeness (QED) is 0.437. The summed E-state index contributed by atoms with van der Waals surface area (Å²) in [6.07, 6.45) is 5.52. The van der Waals surface area contributed by atoms with Gasteiger partial charge in [0.1, 0.15) is 11.6 Å². The number of pyridine rings is 1. The molecule has 0 aliphatic carbocycles. The summed E-state index contributed by atoms with van der Waals surface area (Å²) < 4.78 is 7.27. The molecule has 0 saturated carbocycles. The average Bonchev–Trinajstić information content (AvgIpc) is 3.03. The molecule has 2 rings (SSSR count). The third kappa shape index (κ3) is 5.34. The van der Waals surface area contributed by atoms with Gasteiger partial charge < -0.3 is 15.4 Å². The molecule has 0 unspecified atom stereocenters. The molecular weight excluding hydrogens is 304 g/mol. The van der Waals surface area contributed by atoms with Gasteiger partial charge in [0, 0.05) is 38.3 Å². The molecular formula is C17H26N6O. The monoisotopic (exact) mass is 330 g/mol. The maximum Gasteiger partial charge on any atom is 0.191 e. The van der Waals surface area contributed by atoms with E-state index in [4.69, 9.17) is 4.74 Å². The van der Waals surface area contributed by atoms with Crippen LogP contribution in [0.15, 0.2) is 35.7 Å². The second kappa shape index (κ2) is 9.67. The highest BCUT2D eigenvalue weighted by Crippen LogP contribution is 2.08. The molecule has 24 heavy (non-hydrogen) atoms. The van der Waals surface area contributed by atoms with E-state index in [1.54, 1.807) is 6.20 Å². The fraction of sp³-hybridized carbons (Fsp3) is 0.471. The standard InChI is InChI=1S/C17H26N6O/c1-4-18-17(20-9-11-24-5-2)22-13-15-6-7-16(21-12-15)23-10-8-19-14(23)3/h6-8,10,12H,4-5,9,11,13H2,1-3H3,(H2,18,20,22). The van der Waals surface area contributed by atoms with E-state index in [-0.39, 0.29) is 0 Å². The largest absolute Gasteiger partial charge is 0.380 e. The van der Waals surface area contributed by atoms with Gasteiger partial charge in [0.25, 0.3) is 0 Å². The lowest BCUT2D eigenvalue weighted by atomic mass is 10.3. The Balaban J connectivity index is 1.94. The van der Waals surface area contributed by atoms with Gasteiger partial charge in [0.05, 0.1) is 13.2 Å². The predicted molar refractivity (Wildman–Crippen MR) is 95.4 cm³/mol. The van der Waals surface area contributed by atoms with E-state index in [1.807, 2.05) is 49.9 Å². The Kier molecular flexibility index (Phi) is 7.22. The van der Waals surface area contributed by atoms with Gasteiger partial charge in [0.15, 0.2) is 5.96 Å². The normalized spacial score (nSPS) is 11.5. The first-order chi connectivity index (χ1) is 11.7. The van der Waals surface area contributed by atoms with Crippen molar-refractivity contribution in [1.29, 1.82) is 0 Å². The molecule has 0 spiro atoms. The number of aryl methyl sites for hydroxylation is 1. The van der Waals surface area contributed by atoms with Gasteiger partial charge in [-0.2, -0.15) is 0 Å². The van der Waals surface area contributed by atoms with Gasteiger partial charge in [-0.15, -0.1) is 0 Å². The van der Waals surface area contributed by atoms with Crippen molar-refractivity contribution < 1.29 is 4.74 Å². The Hall–Kier alpha value is -2.41. The van der Waals surface area contributed by atoms with Crippen LogP contribution in [0.2, 0.25) is 0 Å². The highest BCUT2D eigenvalue weighted by molar-refractivity contribution is 5.79. The first-order valence-electron chi connectivity index (χ1n) is 8.29. The van der Waals surface area contributed by atoms with Gasteiger partial charge in [-0.1, -0.05) is 6.07 Å². The van der Waals surface area contributed by atoms with E-state index in [1.165, 1.54) is 0 Å². The van der Waals surface area contributed by atoms with Crippen molar-refractivity contribution in [3.8, 4) is 5.82 Å². The number of rotatable bonds is 8. The number of hydrogen-bond donors (Lipinski definition) is 2. The van der Waals surface area contributed by atoms with Crippen molar-refractivity contribution in [2.75, 3.05) is 26.3 Å². The highest BCUT2D eigenvalue weighted by atomic mass is 16.5. The number of guanidine groups is 1. The minimum Gasteiger partial charge on any atom is -0.380 e. The van der Waals surface area contributed by atoms with Crippen LogP contribution in [0.25, 0.3) is 5.82 Å². The molecule has 7 heteroatoms. The number of imidazole rings is 1. The molecule has 2 aromatic rings. The van der Waals surface area contributed by atoms with Crippen LogP contribution < -0.4 is 10.6 Å². The van der Waals surface area contributed by atoms with E-state index in [0.717, 1.165) is 42.9 Å². The third-order valence-electron chi connectivity index (χ3n) is 3.39. The maximum atomic E-state index is 5.32. The fourth-order valence-corrected chi connectivity index (χ4v) is 2.17. The summed E-state index contributed by atoms with van der Waals surface area (Å²) in [4.78, 5) is 13.3. The summed E-state index contributed by atoms with van der Waals surface area (Å²) in [5, 5.41) is 6.47. The maximum absolute atomic E-state index is 5.32. The van der Waals surface area contributed by atoms with Crippen molar-refractivity contribution in [1.82, 2.24) is 25.2 Å². The first-order valence-corrected chi connectivity index (χ1v) is 8.29. The van der Waals surface area contributed by atoms with Crippen molar-refractivity contribution in [3.05, 3.63) is 42.1 Å². The minimum atomic E-state index is 0.570. The fourth-order valence-electron chi connectivity index (χ4n) is 2.17. The van der Waals surface area contributed by atoms with Gasteiger partial charge in [-0.25, -0.2) is 15.0 Å². The number of nitrogens with one attached hydrogen (secondary N) is 2. The van der Waals surface area contributed by atoms with Crippen LogP contribution in [0.4, 0.5) is 0 Å². The number of aliphatic imine (C=N–C) groups is 1. The summed E-state index contributed by atoms with van der Waals surface area (Å²) in [5.41, 5.74) is 1.05. The minimum absolute atomic E-state index is 0.570. The zero-order valence-corrected chi connectivity index (χ0v) is 14.6. The van der Waals surface area contributed by atoms with Crippen molar-refractivity contribution >= 4 is 5.96 Å². The van der Waals surface area contributed by atoms with Gasteiger partial charge in [-0.3, -0.25) is 4.57 Å². The summed E-state index contributed by atoms with van der Waals surface area (Å²) >= 11 is 0. The number of ether oxygens (including phenoxy) is 1. The van der Waals surface area contributed by atoms with Crippen LogP contribution in [0.3, 0.4) is 0 Å². The molecule has 0 aromatic carbocycles. The molecule has 0 atom stereocenters. The molecule has 2 heterocycles. The highest BCUT2D eigenvalue weighted by Gasteiger charge is 2.02. The molecule has 0 saturated heterocycles. The Morgan fingerprint density at radius 3 is 2.75 bits per heavy atom. The lowest BCUT2D eigenvalue weighted by Gasteiger charge is -2.11. The number of hydrogen-bond acceptors (Lipinski definition) is 4. The van der Waals surface area contributed by atoms with Gasteiger partial charge in [-0.05, 0) is 32.4 Å². The van der Waals surface area contributed by atoms with Crippen molar-refractivity contribution in [3.63, 3.8) is 0 Å². The average molecular weight is 330 g/mol. The van der Waals surface area contributed by atoms with Gasteiger partial charge >= 0.3 is 0 Å². The van der Waals surface area contributed by atoms with E-state index < -0.39 is 0 Å². The molecule has 0 aliphatic heterocycles. The molecule has 2 N–H and O–H groups in total. The second-order valence-corrected chi connectivity index (χ2v) is 5.19. The first kappa shape index (κ1) is 17.9. The smallest absolute Gasteiger partial charge is 0.191 e. The van der Waals surface area contributed by atoms with Crippen molar-refractivity contribution in [2.24, 2.45) is 4.99 Å². The Labute approximate surface area is 143 Å². The number of aromatic nitrogens is 3. The molecule has 0 fully saturated rings. The summed E-state index contributed by atoms with van der Waals surface area (Å²) in [5.74, 6) is 2.56. The zero-order chi connectivity index (χ0) is 17.2. The molecule has 7 nitrogen and oxygen atoms in total. The SMILES string of the molecule is CCNC(=NCc1ccc(-n2ccnc2C)nc1)NCCOCC. The molecule has 0 amide bonds. The lowest BCUT2D eigenvalue weighted by molar-refractivity contribution is 0.152. The Bertz CT molecular complexity index is 635. The third-order valence-corrected chi connectivity index (χ3v) is 3.39. The summed E-state index contributed by atoms with van der Waals surface area (Å²) in [7, 11) is 0. The molecule has 2 aromatic heterocycles. The predicted octanol–water partition coefficient (Wildman–Crippen LogP) is 1.67. The Morgan fingerprint density at radius 1 is 1.25 bits per heavy atom. The summed E-state index contributed by atoms with van der Waals surface area (Å²) in [6.45, 7) is 9.50. The topological polar surface area (TPSA) is 76.4 Å². The zero-order valence-electron chi connectivity index (χ0n) is 14.6.